The number of ether oxygens (including phenoxy) is 1. The van der Waals surface area contributed by atoms with Gasteiger partial charge in [0.15, 0.2) is 5.82 Å². The van der Waals surface area contributed by atoms with Gasteiger partial charge in [-0.25, -0.2) is 15.0 Å². The third-order valence-electron chi connectivity index (χ3n) is 3.99. The Bertz CT molecular complexity index is 1280. The lowest BCUT2D eigenvalue weighted by Gasteiger charge is -2.10. The normalized spacial score (nSPS) is 13.0. The highest BCUT2D eigenvalue weighted by molar-refractivity contribution is 7.19. The molecule has 26 heavy (non-hydrogen) atoms. The van der Waals surface area contributed by atoms with Gasteiger partial charge in [-0.3, -0.25) is 4.79 Å². The Morgan fingerprint density at radius 2 is 2.12 bits per heavy atom. The molecule has 0 saturated heterocycles. The summed E-state index contributed by atoms with van der Waals surface area (Å²) in [7, 11) is 1.59. The fourth-order valence-electron chi connectivity index (χ4n) is 2.68. The maximum absolute atomic E-state index is 11.6. The second-order valence-corrected chi connectivity index (χ2v) is 7.56. The summed E-state index contributed by atoms with van der Waals surface area (Å²) in [4.78, 5) is 28.4. The molecule has 2 N–H and O–H groups in total. The Kier molecular flexibility index (Phi) is 3.37. The van der Waals surface area contributed by atoms with E-state index < -0.39 is 0 Å². The number of thiazole rings is 2. The highest BCUT2D eigenvalue weighted by Crippen LogP contribution is 2.36. The third-order valence-corrected chi connectivity index (χ3v) is 5.85. The van der Waals surface area contributed by atoms with Crippen molar-refractivity contribution in [3.8, 4) is 5.75 Å². The number of aromatic amines is 1. The van der Waals surface area contributed by atoms with Crippen molar-refractivity contribution in [1.29, 1.82) is 0 Å². The van der Waals surface area contributed by atoms with E-state index in [2.05, 4.69) is 25.3 Å². The van der Waals surface area contributed by atoms with Gasteiger partial charge in [0.2, 0.25) is 0 Å². The van der Waals surface area contributed by atoms with Crippen LogP contribution < -0.4 is 14.9 Å². The van der Waals surface area contributed by atoms with Crippen molar-refractivity contribution in [2.75, 3.05) is 12.4 Å². The number of methoxy groups -OCH3 is 1. The summed E-state index contributed by atoms with van der Waals surface area (Å²) in [6.07, 6.45) is 7.53. The summed E-state index contributed by atoms with van der Waals surface area (Å²) in [6, 6.07) is 3.67. The van der Waals surface area contributed by atoms with Crippen LogP contribution in [0.5, 0.6) is 5.75 Å². The van der Waals surface area contributed by atoms with Crippen LogP contribution in [0.1, 0.15) is 5.01 Å². The van der Waals surface area contributed by atoms with E-state index in [9.17, 15) is 4.79 Å². The van der Waals surface area contributed by atoms with Crippen LogP contribution >= 0.6 is 22.7 Å². The fraction of sp³-hybridized carbons (Fsp3) is 0.0588. The molecule has 1 aliphatic rings. The van der Waals surface area contributed by atoms with Crippen molar-refractivity contribution in [3.05, 3.63) is 51.4 Å². The molecule has 1 aliphatic carbocycles. The van der Waals surface area contributed by atoms with Crippen LogP contribution in [0.4, 0.5) is 11.5 Å². The number of fused-ring (bicyclic) bond motifs is 2. The first-order valence-corrected chi connectivity index (χ1v) is 9.33. The predicted octanol–water partition coefficient (Wildman–Crippen LogP) is 3.69. The first kappa shape index (κ1) is 15.2. The number of H-pyrrole nitrogens is 1. The highest BCUT2D eigenvalue weighted by atomic mass is 32.1. The van der Waals surface area contributed by atoms with Crippen LogP contribution in [-0.2, 0) is 0 Å². The number of nitrogens with one attached hydrogen (secondary N) is 2. The first-order chi connectivity index (χ1) is 12.7. The Labute approximate surface area is 154 Å². The van der Waals surface area contributed by atoms with Gasteiger partial charge in [0.25, 0.3) is 0 Å². The molecule has 128 valence electrons. The number of benzene rings is 1. The molecule has 1 aromatic carbocycles. The van der Waals surface area contributed by atoms with Crippen LogP contribution in [0.2, 0.25) is 0 Å². The zero-order valence-electron chi connectivity index (χ0n) is 13.4. The number of rotatable bonds is 4. The van der Waals surface area contributed by atoms with Gasteiger partial charge in [-0.1, -0.05) is 40.9 Å². The fourth-order valence-corrected chi connectivity index (χ4v) is 4.35. The van der Waals surface area contributed by atoms with Gasteiger partial charge in [0, 0.05) is 11.6 Å². The molecule has 0 unspecified atom stereocenters. The third kappa shape index (κ3) is 2.40. The van der Waals surface area contributed by atoms with E-state index in [0.717, 1.165) is 37.0 Å². The van der Waals surface area contributed by atoms with Crippen LogP contribution in [0.15, 0.2) is 41.5 Å². The highest BCUT2D eigenvalue weighted by Gasteiger charge is 2.16. The minimum absolute atomic E-state index is 0.102. The van der Waals surface area contributed by atoms with Crippen molar-refractivity contribution in [1.82, 2.24) is 19.9 Å². The number of hydrogen-bond donors (Lipinski definition) is 2. The molecule has 0 radical (unpaired) electrons. The first-order valence-electron chi connectivity index (χ1n) is 7.69. The van der Waals surface area contributed by atoms with Gasteiger partial charge in [-0.15, -0.1) is 0 Å². The summed E-state index contributed by atoms with van der Waals surface area (Å²) in [5, 5.41) is 4.19. The average molecular weight is 381 g/mol. The lowest BCUT2D eigenvalue weighted by molar-refractivity contribution is 0.417. The molecule has 0 bridgehead atoms. The van der Waals surface area contributed by atoms with Gasteiger partial charge < -0.3 is 15.0 Å². The van der Waals surface area contributed by atoms with Crippen molar-refractivity contribution < 1.29 is 4.74 Å². The minimum atomic E-state index is -0.102. The zero-order chi connectivity index (χ0) is 17.7. The van der Waals surface area contributed by atoms with E-state index in [1.165, 1.54) is 17.7 Å². The summed E-state index contributed by atoms with van der Waals surface area (Å²) < 4.78 is 6.30. The molecule has 7 nitrogen and oxygen atoms in total. The molecule has 3 heterocycles. The number of nitrogens with zero attached hydrogens (tertiary/aromatic N) is 3. The minimum Gasteiger partial charge on any atom is -0.494 e. The van der Waals surface area contributed by atoms with Crippen molar-refractivity contribution in [3.63, 3.8) is 0 Å². The van der Waals surface area contributed by atoms with Gasteiger partial charge >= 0.3 is 4.87 Å². The Morgan fingerprint density at radius 1 is 1.23 bits per heavy atom. The molecule has 0 spiro atoms. The standard InChI is InChI=1S/C17H11N5O2S2/c1-24-11-5-10-12(25-17(23)21-10)6-9(11)20-14-13-16(19-7-18-14)26-15(22-13)8-3-2-4-8/h2-7H,1H3,(H,21,23)(H,18,19,20). The van der Waals surface area contributed by atoms with E-state index in [1.54, 1.807) is 13.2 Å². The van der Waals surface area contributed by atoms with E-state index in [4.69, 9.17) is 4.74 Å². The summed E-state index contributed by atoms with van der Waals surface area (Å²) >= 11 is 2.67. The molecule has 0 amide bonds. The second kappa shape index (κ2) is 5.75. The maximum atomic E-state index is 11.6. The van der Waals surface area contributed by atoms with Crippen LogP contribution in [0.25, 0.3) is 26.1 Å². The molecule has 0 aliphatic heterocycles. The smallest absolute Gasteiger partial charge is 0.305 e. The molecule has 0 atom stereocenters. The molecule has 3 aromatic heterocycles. The topological polar surface area (TPSA) is 92.8 Å². The van der Waals surface area contributed by atoms with Gasteiger partial charge in [0.1, 0.15) is 27.4 Å². The number of allylic oxidation sites excluding steroid dienone is 4. The average Bonchev–Trinajstić information content (AvgIpc) is 3.15. The SMILES string of the molecule is COc1cc2[nH]c(=O)sc2cc1Nc1ncnc2sc(C3=CC=C3)nc12. The van der Waals surface area contributed by atoms with E-state index in [-0.39, 0.29) is 4.87 Å². The quantitative estimate of drug-likeness (QED) is 0.560. The Morgan fingerprint density at radius 3 is 2.88 bits per heavy atom. The number of aromatic nitrogens is 4. The maximum Gasteiger partial charge on any atom is 0.305 e. The van der Waals surface area contributed by atoms with Crippen LogP contribution in [0, 0.1) is 0 Å². The zero-order valence-corrected chi connectivity index (χ0v) is 15.1. The van der Waals surface area contributed by atoms with E-state index >= 15 is 0 Å². The molecule has 4 aromatic rings. The lowest BCUT2D eigenvalue weighted by Crippen LogP contribution is -1.98. The summed E-state index contributed by atoms with van der Waals surface area (Å²) in [6.45, 7) is 0. The summed E-state index contributed by atoms with van der Waals surface area (Å²) in [5.74, 6) is 1.21. The van der Waals surface area contributed by atoms with Crippen molar-refractivity contribution in [2.45, 2.75) is 0 Å². The Hall–Kier alpha value is -3.04. The molecule has 0 fully saturated rings. The second-order valence-electron chi connectivity index (χ2n) is 5.56. The Balaban J connectivity index is 1.61. The van der Waals surface area contributed by atoms with Gasteiger partial charge in [-0.2, -0.15) is 0 Å². The largest absolute Gasteiger partial charge is 0.494 e. The van der Waals surface area contributed by atoms with E-state index in [1.807, 2.05) is 24.3 Å². The molecule has 5 rings (SSSR count). The van der Waals surface area contributed by atoms with E-state index in [0.29, 0.717) is 22.8 Å². The van der Waals surface area contributed by atoms with Crippen molar-refractivity contribution >= 4 is 60.3 Å². The van der Waals surface area contributed by atoms with Crippen LogP contribution in [-0.4, -0.2) is 27.0 Å². The molecule has 9 heteroatoms. The van der Waals surface area contributed by atoms with Crippen LogP contribution in [0.3, 0.4) is 0 Å². The molecular weight excluding hydrogens is 370 g/mol. The number of hydrogen-bond acceptors (Lipinski definition) is 8. The summed E-state index contributed by atoms with van der Waals surface area (Å²) in [5.41, 5.74) is 3.26. The molecular formula is C17H11N5O2S2. The monoisotopic (exact) mass is 381 g/mol. The van der Waals surface area contributed by atoms with Crippen molar-refractivity contribution in [2.24, 2.45) is 0 Å². The predicted molar refractivity (Wildman–Crippen MR) is 105 cm³/mol. The number of anilines is 2. The lowest BCUT2D eigenvalue weighted by atomic mass is 10.1. The molecule has 0 saturated carbocycles. The van der Waals surface area contributed by atoms with Gasteiger partial charge in [-0.05, 0) is 6.07 Å². The van der Waals surface area contributed by atoms with Gasteiger partial charge in [0.05, 0.1) is 23.0 Å².